The first-order valence-electron chi connectivity index (χ1n) is 6.81. The Labute approximate surface area is 148 Å². The van der Waals surface area contributed by atoms with E-state index in [0.717, 1.165) is 0 Å². The fraction of sp³-hybridized carbons (Fsp3) is 0.0625. The Morgan fingerprint density at radius 2 is 2.08 bits per heavy atom. The molecule has 8 heteroatoms. The molecule has 2 amide bonds. The van der Waals surface area contributed by atoms with E-state index in [9.17, 15) is 9.59 Å². The molecular formula is C16H13Cl2N3O3. The molecule has 0 saturated carbocycles. The third-order valence-electron chi connectivity index (χ3n) is 2.72. The van der Waals surface area contributed by atoms with E-state index in [0.29, 0.717) is 21.4 Å². The van der Waals surface area contributed by atoms with Crippen LogP contribution in [0.4, 0.5) is 0 Å². The number of hydrogen-bond donors (Lipinski definition) is 2. The Balaban J connectivity index is 1.75. The average Bonchev–Trinajstić information content (AvgIpc) is 3.06. The molecule has 0 atom stereocenters. The van der Waals surface area contributed by atoms with Crippen molar-refractivity contribution in [2.45, 2.75) is 0 Å². The van der Waals surface area contributed by atoms with Crippen LogP contribution in [0, 0.1) is 0 Å². The van der Waals surface area contributed by atoms with E-state index in [4.69, 9.17) is 27.6 Å². The normalized spacial score (nSPS) is 11.1. The lowest BCUT2D eigenvalue weighted by molar-refractivity contribution is -0.123. The topological polar surface area (TPSA) is 83.7 Å². The lowest BCUT2D eigenvalue weighted by atomic mass is 10.2. The van der Waals surface area contributed by atoms with Gasteiger partial charge in [-0.25, -0.2) is 5.43 Å². The summed E-state index contributed by atoms with van der Waals surface area (Å²) < 4.78 is 5.04. The Bertz CT molecular complexity index is 771. The molecule has 1 aromatic carbocycles. The summed E-state index contributed by atoms with van der Waals surface area (Å²) in [4.78, 5) is 23.1. The van der Waals surface area contributed by atoms with Crippen LogP contribution in [0.2, 0.25) is 10.0 Å². The zero-order chi connectivity index (χ0) is 17.4. The molecule has 2 aromatic rings. The average molecular weight is 366 g/mol. The quantitative estimate of drug-likeness (QED) is 0.469. The van der Waals surface area contributed by atoms with Crippen LogP contribution in [0.5, 0.6) is 0 Å². The number of benzene rings is 1. The number of amides is 2. The third-order valence-corrected chi connectivity index (χ3v) is 3.28. The molecule has 1 heterocycles. The number of rotatable bonds is 6. The molecule has 0 bridgehead atoms. The first-order valence-corrected chi connectivity index (χ1v) is 7.56. The molecular weight excluding hydrogens is 353 g/mol. The van der Waals surface area contributed by atoms with Crippen molar-refractivity contribution in [2.24, 2.45) is 5.10 Å². The van der Waals surface area contributed by atoms with E-state index in [2.05, 4.69) is 15.8 Å². The van der Waals surface area contributed by atoms with Gasteiger partial charge in [-0.1, -0.05) is 29.3 Å². The summed E-state index contributed by atoms with van der Waals surface area (Å²) in [5.41, 5.74) is 2.88. The smallest absolute Gasteiger partial charge is 0.259 e. The minimum atomic E-state index is -0.476. The zero-order valence-corrected chi connectivity index (χ0v) is 13.8. The van der Waals surface area contributed by atoms with Crippen molar-refractivity contribution in [1.29, 1.82) is 0 Å². The van der Waals surface area contributed by atoms with Crippen LogP contribution in [0.15, 0.2) is 52.2 Å². The Morgan fingerprint density at radius 1 is 1.25 bits per heavy atom. The molecule has 6 nitrogen and oxygen atoms in total. The maximum absolute atomic E-state index is 11.6. The highest BCUT2D eigenvalue weighted by molar-refractivity contribution is 6.36. The predicted octanol–water partition coefficient (Wildman–Crippen LogP) is 2.87. The Hall–Kier alpha value is -2.57. The van der Waals surface area contributed by atoms with Gasteiger partial charge in [-0.05, 0) is 30.3 Å². The molecule has 0 fully saturated rings. The van der Waals surface area contributed by atoms with Crippen molar-refractivity contribution in [3.63, 3.8) is 0 Å². The van der Waals surface area contributed by atoms with Crippen LogP contribution in [0.1, 0.15) is 11.3 Å². The van der Waals surface area contributed by atoms with Gasteiger partial charge in [0.15, 0.2) is 0 Å². The SMILES string of the molecule is O=C(/C=C/c1ccco1)NCC(=O)N/N=C/c1ccc(Cl)cc1Cl. The fourth-order valence-electron chi connectivity index (χ4n) is 1.59. The van der Waals surface area contributed by atoms with Gasteiger partial charge in [-0.3, -0.25) is 9.59 Å². The first kappa shape index (κ1) is 17.8. The second kappa shape index (κ2) is 8.90. The molecule has 0 radical (unpaired) electrons. The summed E-state index contributed by atoms with van der Waals surface area (Å²) in [5.74, 6) is -0.360. The highest BCUT2D eigenvalue weighted by Crippen LogP contribution is 2.19. The minimum Gasteiger partial charge on any atom is -0.465 e. The molecule has 24 heavy (non-hydrogen) atoms. The third kappa shape index (κ3) is 5.91. The van der Waals surface area contributed by atoms with Crippen molar-refractivity contribution >= 4 is 47.3 Å². The van der Waals surface area contributed by atoms with Gasteiger partial charge in [0.1, 0.15) is 5.76 Å². The highest BCUT2D eigenvalue weighted by Gasteiger charge is 2.02. The van der Waals surface area contributed by atoms with E-state index >= 15 is 0 Å². The molecule has 0 aliphatic heterocycles. The van der Waals surface area contributed by atoms with Gasteiger partial charge in [0.25, 0.3) is 5.91 Å². The summed E-state index contributed by atoms with van der Waals surface area (Å²) in [7, 11) is 0. The van der Waals surface area contributed by atoms with Crippen molar-refractivity contribution in [1.82, 2.24) is 10.7 Å². The summed E-state index contributed by atoms with van der Waals surface area (Å²) in [6.45, 7) is -0.215. The van der Waals surface area contributed by atoms with E-state index in [1.54, 1.807) is 30.3 Å². The summed E-state index contributed by atoms with van der Waals surface area (Å²) in [6.07, 6.45) is 5.64. The Kier molecular flexibility index (Phi) is 6.60. The van der Waals surface area contributed by atoms with E-state index < -0.39 is 11.8 Å². The van der Waals surface area contributed by atoms with Crippen LogP contribution in [0.3, 0.4) is 0 Å². The van der Waals surface area contributed by atoms with Crippen LogP contribution in [-0.2, 0) is 9.59 Å². The predicted molar refractivity (Wildman–Crippen MR) is 93.0 cm³/mol. The van der Waals surface area contributed by atoms with Crippen molar-refractivity contribution in [3.8, 4) is 0 Å². The monoisotopic (exact) mass is 365 g/mol. The molecule has 0 unspecified atom stereocenters. The number of hydrazone groups is 1. The largest absolute Gasteiger partial charge is 0.465 e. The summed E-state index contributed by atoms with van der Waals surface area (Å²) in [5, 5.41) is 7.10. The minimum absolute atomic E-state index is 0.215. The molecule has 2 rings (SSSR count). The number of hydrogen-bond acceptors (Lipinski definition) is 4. The summed E-state index contributed by atoms with van der Waals surface area (Å²) in [6, 6.07) is 8.30. The molecule has 0 aliphatic carbocycles. The standard InChI is InChI=1S/C16H13Cl2N3O3/c17-12-4-3-11(14(18)8-12)9-20-21-16(23)10-19-15(22)6-5-13-2-1-7-24-13/h1-9H,10H2,(H,19,22)(H,21,23)/b6-5+,20-9+. The second-order valence-electron chi connectivity index (χ2n) is 4.53. The number of halogens is 2. The first-order chi connectivity index (χ1) is 11.5. The van der Waals surface area contributed by atoms with Gasteiger partial charge in [0.05, 0.1) is 24.0 Å². The van der Waals surface area contributed by atoms with Gasteiger partial charge in [-0.2, -0.15) is 5.10 Å². The molecule has 124 valence electrons. The maximum Gasteiger partial charge on any atom is 0.259 e. The number of nitrogens with one attached hydrogen (secondary N) is 2. The van der Waals surface area contributed by atoms with Crippen LogP contribution in [0.25, 0.3) is 6.08 Å². The highest BCUT2D eigenvalue weighted by atomic mass is 35.5. The van der Waals surface area contributed by atoms with E-state index in [-0.39, 0.29) is 6.54 Å². The van der Waals surface area contributed by atoms with Crippen LogP contribution < -0.4 is 10.7 Å². The van der Waals surface area contributed by atoms with Crippen molar-refractivity contribution in [2.75, 3.05) is 6.54 Å². The zero-order valence-electron chi connectivity index (χ0n) is 12.3. The summed E-state index contributed by atoms with van der Waals surface area (Å²) >= 11 is 11.7. The lowest BCUT2D eigenvalue weighted by Gasteiger charge is -2.01. The van der Waals surface area contributed by atoms with Crippen LogP contribution >= 0.6 is 23.2 Å². The Morgan fingerprint density at radius 3 is 2.79 bits per heavy atom. The maximum atomic E-state index is 11.6. The van der Waals surface area contributed by atoms with Gasteiger partial charge >= 0.3 is 0 Å². The lowest BCUT2D eigenvalue weighted by Crippen LogP contribution is -2.34. The molecule has 0 saturated heterocycles. The number of carbonyl (C=O) groups excluding carboxylic acids is 2. The molecule has 0 spiro atoms. The van der Waals surface area contributed by atoms with E-state index in [1.165, 1.54) is 24.6 Å². The van der Waals surface area contributed by atoms with Gasteiger partial charge in [0, 0.05) is 16.7 Å². The molecule has 2 N–H and O–H groups in total. The van der Waals surface area contributed by atoms with Gasteiger partial charge in [-0.15, -0.1) is 0 Å². The van der Waals surface area contributed by atoms with Crippen LogP contribution in [-0.4, -0.2) is 24.6 Å². The number of carbonyl (C=O) groups is 2. The number of furan rings is 1. The number of nitrogens with zero attached hydrogens (tertiary/aromatic N) is 1. The van der Waals surface area contributed by atoms with E-state index in [1.807, 2.05) is 0 Å². The van der Waals surface area contributed by atoms with Gasteiger partial charge < -0.3 is 9.73 Å². The second-order valence-corrected chi connectivity index (χ2v) is 5.37. The molecule has 1 aromatic heterocycles. The van der Waals surface area contributed by atoms with Crippen molar-refractivity contribution < 1.29 is 14.0 Å². The van der Waals surface area contributed by atoms with Gasteiger partial charge in [0.2, 0.25) is 5.91 Å². The van der Waals surface area contributed by atoms with Crippen molar-refractivity contribution in [3.05, 3.63) is 64.0 Å². The molecule has 0 aliphatic rings. The fourth-order valence-corrected chi connectivity index (χ4v) is 2.05.